The molecule has 0 aliphatic carbocycles. The van der Waals surface area contributed by atoms with Gasteiger partial charge in [0.25, 0.3) is 11.8 Å². The molecule has 1 rings (SSSR count). The molecule has 0 aliphatic heterocycles. The van der Waals surface area contributed by atoms with E-state index in [9.17, 15) is 4.79 Å². The lowest BCUT2D eigenvalue weighted by Gasteiger charge is -2.33. The van der Waals surface area contributed by atoms with Crippen molar-refractivity contribution in [3.05, 3.63) is 11.8 Å². The summed E-state index contributed by atoms with van der Waals surface area (Å²) in [6.07, 6.45) is 0. The third kappa shape index (κ3) is 3.45. The summed E-state index contributed by atoms with van der Waals surface area (Å²) < 4.78 is 9.98. The van der Waals surface area contributed by atoms with Crippen LogP contribution in [0.4, 0.5) is 0 Å². The molecule has 17 heavy (non-hydrogen) atoms. The average molecular weight is 242 g/mol. The van der Waals surface area contributed by atoms with E-state index in [1.165, 1.54) is 4.90 Å². The molecule has 1 amide bonds. The van der Waals surface area contributed by atoms with E-state index in [2.05, 4.69) is 5.16 Å². The van der Waals surface area contributed by atoms with Crippen LogP contribution >= 0.6 is 0 Å². The predicted molar refractivity (Wildman–Crippen MR) is 60.7 cm³/mol. The largest absolute Gasteiger partial charge is 0.465 e. The van der Waals surface area contributed by atoms with E-state index in [0.717, 1.165) is 0 Å². The first-order chi connectivity index (χ1) is 7.86. The second-order valence-corrected chi connectivity index (χ2v) is 4.49. The van der Waals surface area contributed by atoms with Crippen molar-refractivity contribution in [3.8, 4) is 5.88 Å². The van der Waals surface area contributed by atoms with Crippen LogP contribution in [0, 0.1) is 6.92 Å². The molecule has 1 aromatic heterocycles. The molecular formula is C11H18N2O4. The highest BCUT2D eigenvalue weighted by molar-refractivity contribution is 5.78. The van der Waals surface area contributed by atoms with Gasteiger partial charge in [-0.1, -0.05) is 0 Å². The van der Waals surface area contributed by atoms with Gasteiger partial charge >= 0.3 is 0 Å². The maximum atomic E-state index is 11.8. The Balaban J connectivity index is 2.50. The van der Waals surface area contributed by atoms with Crippen molar-refractivity contribution in [1.82, 2.24) is 10.1 Å². The van der Waals surface area contributed by atoms with Crippen molar-refractivity contribution in [2.75, 3.05) is 20.3 Å². The molecule has 0 atom stereocenters. The number of nitrogens with zero attached hydrogens (tertiary/aromatic N) is 2. The zero-order chi connectivity index (χ0) is 13.1. The second-order valence-electron chi connectivity index (χ2n) is 4.49. The lowest BCUT2D eigenvalue weighted by molar-refractivity contribution is -0.138. The summed E-state index contributed by atoms with van der Waals surface area (Å²) in [4.78, 5) is 13.2. The normalized spacial score (nSPS) is 11.4. The number of ether oxygens (including phenoxy) is 1. The maximum absolute atomic E-state index is 11.8. The van der Waals surface area contributed by atoms with Gasteiger partial charge in [0.1, 0.15) is 5.76 Å². The predicted octanol–water partition coefficient (Wildman–Crippen LogP) is 0.591. The number of aliphatic hydroxyl groups excluding tert-OH is 1. The fourth-order valence-electron chi connectivity index (χ4n) is 1.09. The zero-order valence-electron chi connectivity index (χ0n) is 10.6. The Hall–Kier alpha value is -1.56. The molecule has 1 aromatic rings. The van der Waals surface area contributed by atoms with Gasteiger partial charge in [-0.3, -0.25) is 4.79 Å². The summed E-state index contributed by atoms with van der Waals surface area (Å²) in [5.74, 6) is 0.673. The standard InChI is InChI=1S/C11H18N2O4/c1-8-5-9(12-17-8)16-6-10(15)13(4)11(2,3)7-14/h5,14H,6-7H2,1-4H3. The number of aryl methyl sites for hydroxylation is 1. The first-order valence-corrected chi connectivity index (χ1v) is 5.30. The number of carbonyl (C=O) groups excluding carboxylic acids is 1. The third-order valence-corrected chi connectivity index (χ3v) is 2.62. The van der Waals surface area contributed by atoms with Gasteiger partial charge < -0.3 is 19.3 Å². The van der Waals surface area contributed by atoms with E-state index in [-0.39, 0.29) is 25.0 Å². The van der Waals surface area contributed by atoms with Crippen LogP contribution in [0.1, 0.15) is 19.6 Å². The molecule has 0 unspecified atom stereocenters. The van der Waals surface area contributed by atoms with Crippen LogP contribution in [0.3, 0.4) is 0 Å². The Labute approximate surface area is 100 Å². The number of hydrogen-bond acceptors (Lipinski definition) is 5. The van der Waals surface area contributed by atoms with Crippen molar-refractivity contribution in [2.24, 2.45) is 0 Å². The van der Waals surface area contributed by atoms with Crippen molar-refractivity contribution in [1.29, 1.82) is 0 Å². The molecule has 0 spiro atoms. The van der Waals surface area contributed by atoms with Crippen LogP contribution in [0.5, 0.6) is 5.88 Å². The van der Waals surface area contributed by atoms with E-state index in [1.54, 1.807) is 33.9 Å². The van der Waals surface area contributed by atoms with Crippen LogP contribution in [0.15, 0.2) is 10.6 Å². The van der Waals surface area contributed by atoms with Gasteiger partial charge in [-0.2, -0.15) is 0 Å². The number of rotatable bonds is 5. The van der Waals surface area contributed by atoms with Crippen LogP contribution in [0.25, 0.3) is 0 Å². The fourth-order valence-corrected chi connectivity index (χ4v) is 1.09. The third-order valence-electron chi connectivity index (χ3n) is 2.62. The van der Waals surface area contributed by atoms with E-state index in [0.29, 0.717) is 5.76 Å². The maximum Gasteiger partial charge on any atom is 0.260 e. The molecule has 0 radical (unpaired) electrons. The van der Waals surface area contributed by atoms with Crippen LogP contribution in [-0.2, 0) is 4.79 Å². The smallest absolute Gasteiger partial charge is 0.260 e. The Morgan fingerprint density at radius 2 is 2.29 bits per heavy atom. The van der Waals surface area contributed by atoms with Gasteiger partial charge in [-0.25, -0.2) is 0 Å². The molecular weight excluding hydrogens is 224 g/mol. The van der Waals surface area contributed by atoms with Gasteiger partial charge in [0.15, 0.2) is 6.61 Å². The summed E-state index contributed by atoms with van der Waals surface area (Å²) in [5.41, 5.74) is -0.611. The Kier molecular flexibility index (Phi) is 4.11. The van der Waals surface area contributed by atoms with Gasteiger partial charge in [-0.15, -0.1) is 0 Å². The number of amides is 1. The molecule has 96 valence electrons. The van der Waals surface area contributed by atoms with E-state index in [4.69, 9.17) is 14.4 Å². The fraction of sp³-hybridized carbons (Fsp3) is 0.636. The number of carbonyl (C=O) groups is 1. The Morgan fingerprint density at radius 3 is 2.76 bits per heavy atom. The average Bonchev–Trinajstić information content (AvgIpc) is 2.71. The molecule has 0 aromatic carbocycles. The lowest BCUT2D eigenvalue weighted by Crippen LogP contribution is -2.49. The molecule has 6 nitrogen and oxygen atoms in total. The molecule has 1 heterocycles. The number of hydrogen-bond donors (Lipinski definition) is 1. The molecule has 6 heteroatoms. The summed E-state index contributed by atoms with van der Waals surface area (Å²) in [6, 6.07) is 1.60. The topological polar surface area (TPSA) is 75.8 Å². The van der Waals surface area contributed by atoms with Crippen molar-refractivity contribution in [2.45, 2.75) is 26.3 Å². The van der Waals surface area contributed by atoms with Gasteiger partial charge in [-0.05, 0) is 25.9 Å². The van der Waals surface area contributed by atoms with Crippen LogP contribution in [-0.4, -0.2) is 46.9 Å². The van der Waals surface area contributed by atoms with Gasteiger partial charge in [0, 0.05) is 13.1 Å². The first-order valence-electron chi connectivity index (χ1n) is 5.30. The summed E-state index contributed by atoms with van der Waals surface area (Å²) >= 11 is 0. The van der Waals surface area contributed by atoms with Gasteiger partial charge in [0.05, 0.1) is 12.1 Å². The van der Waals surface area contributed by atoms with Gasteiger partial charge in [0.2, 0.25) is 0 Å². The van der Waals surface area contributed by atoms with Crippen LogP contribution in [0.2, 0.25) is 0 Å². The number of likely N-dealkylation sites (N-methyl/N-ethyl adjacent to an activating group) is 1. The number of aromatic nitrogens is 1. The minimum absolute atomic E-state index is 0.113. The minimum atomic E-state index is -0.611. The zero-order valence-corrected chi connectivity index (χ0v) is 10.6. The van der Waals surface area contributed by atoms with Crippen molar-refractivity contribution < 1.29 is 19.2 Å². The van der Waals surface area contributed by atoms with E-state index < -0.39 is 5.54 Å². The van der Waals surface area contributed by atoms with E-state index >= 15 is 0 Å². The summed E-state index contributed by atoms with van der Waals surface area (Å²) in [5, 5.41) is 12.8. The number of aliphatic hydroxyl groups is 1. The highest BCUT2D eigenvalue weighted by Crippen LogP contribution is 2.13. The summed E-state index contributed by atoms with van der Waals surface area (Å²) in [6.45, 7) is 5.03. The highest BCUT2D eigenvalue weighted by Gasteiger charge is 2.27. The van der Waals surface area contributed by atoms with Crippen LogP contribution < -0.4 is 4.74 Å². The van der Waals surface area contributed by atoms with Crippen molar-refractivity contribution >= 4 is 5.91 Å². The summed E-state index contributed by atoms with van der Waals surface area (Å²) in [7, 11) is 1.62. The second kappa shape index (κ2) is 5.18. The van der Waals surface area contributed by atoms with Crippen molar-refractivity contribution in [3.63, 3.8) is 0 Å². The Bertz CT molecular complexity index is 387. The minimum Gasteiger partial charge on any atom is -0.465 e. The lowest BCUT2D eigenvalue weighted by atomic mass is 10.1. The highest BCUT2D eigenvalue weighted by atomic mass is 16.5. The Morgan fingerprint density at radius 1 is 1.65 bits per heavy atom. The molecule has 0 saturated carbocycles. The molecule has 1 N–H and O–H groups in total. The molecule has 0 saturated heterocycles. The SMILES string of the molecule is Cc1cc(OCC(=O)N(C)C(C)(C)CO)no1. The van der Waals surface area contributed by atoms with E-state index in [1.807, 2.05) is 0 Å². The molecule has 0 fully saturated rings. The molecule has 0 bridgehead atoms. The molecule has 0 aliphatic rings. The first kappa shape index (κ1) is 13.5. The quantitative estimate of drug-likeness (QED) is 0.817. The monoisotopic (exact) mass is 242 g/mol.